The topological polar surface area (TPSA) is 42.7 Å². The lowest BCUT2D eigenvalue weighted by Crippen LogP contribution is -2.33. The summed E-state index contributed by atoms with van der Waals surface area (Å²) in [4.78, 5) is 14.5. The first kappa shape index (κ1) is 18.9. The number of anilines is 1. The minimum atomic E-state index is -0.314. The predicted molar refractivity (Wildman–Crippen MR) is 114 cm³/mol. The van der Waals surface area contributed by atoms with Crippen LogP contribution in [0, 0.1) is 20.8 Å². The Morgan fingerprint density at radius 1 is 1.14 bits per heavy atom. The maximum atomic E-state index is 12.3. The van der Waals surface area contributed by atoms with Crippen LogP contribution >= 0.6 is 11.6 Å². The van der Waals surface area contributed by atoms with Gasteiger partial charge in [-0.25, -0.2) is 4.79 Å². The van der Waals surface area contributed by atoms with Crippen LogP contribution in [0.5, 0.6) is 5.75 Å². The van der Waals surface area contributed by atoms with Gasteiger partial charge in [-0.1, -0.05) is 43.6 Å². The van der Waals surface area contributed by atoms with E-state index in [-0.39, 0.29) is 5.63 Å². The van der Waals surface area contributed by atoms with Crippen LogP contribution in [0.2, 0.25) is 5.02 Å². The van der Waals surface area contributed by atoms with Gasteiger partial charge in [-0.3, -0.25) is 0 Å². The second kappa shape index (κ2) is 6.85. The van der Waals surface area contributed by atoms with Crippen molar-refractivity contribution in [3.05, 3.63) is 67.5 Å². The summed E-state index contributed by atoms with van der Waals surface area (Å²) in [6.45, 7) is 11.2. The fraction of sp³-hybridized carbons (Fsp3) is 0.348. The van der Waals surface area contributed by atoms with Crippen molar-refractivity contribution in [2.24, 2.45) is 0 Å². The van der Waals surface area contributed by atoms with Crippen LogP contribution in [-0.2, 0) is 6.54 Å². The molecule has 5 heteroatoms. The van der Waals surface area contributed by atoms with Crippen molar-refractivity contribution in [2.75, 3.05) is 11.6 Å². The number of halogens is 1. The number of rotatable bonds is 2. The number of ether oxygens (including phenoxy) is 1. The molecular weight excluding hydrogens is 374 g/mol. The third-order valence-electron chi connectivity index (χ3n) is 5.67. The molecule has 2 heterocycles. The molecule has 0 bridgehead atoms. The lowest BCUT2D eigenvalue weighted by molar-refractivity contribution is 0.288. The molecular formula is C23H24ClNO3. The highest BCUT2D eigenvalue weighted by Gasteiger charge is 2.27. The average molecular weight is 398 g/mol. The molecule has 0 unspecified atom stereocenters. The van der Waals surface area contributed by atoms with E-state index in [1.54, 1.807) is 6.92 Å². The minimum absolute atomic E-state index is 0.314. The van der Waals surface area contributed by atoms with E-state index >= 15 is 0 Å². The van der Waals surface area contributed by atoms with Crippen molar-refractivity contribution >= 4 is 28.3 Å². The van der Waals surface area contributed by atoms with Gasteiger partial charge in [-0.2, -0.15) is 0 Å². The Balaban J connectivity index is 1.92. The van der Waals surface area contributed by atoms with Crippen LogP contribution < -0.4 is 15.3 Å². The van der Waals surface area contributed by atoms with Crippen LogP contribution in [0.4, 0.5) is 5.69 Å². The van der Waals surface area contributed by atoms with Gasteiger partial charge >= 0.3 is 5.63 Å². The maximum absolute atomic E-state index is 12.3. The lowest BCUT2D eigenvalue weighted by Gasteiger charge is -2.34. The molecule has 0 saturated carbocycles. The van der Waals surface area contributed by atoms with E-state index in [2.05, 4.69) is 43.9 Å². The van der Waals surface area contributed by atoms with Gasteiger partial charge in [-0.05, 0) is 49.4 Å². The predicted octanol–water partition coefficient (Wildman–Crippen LogP) is 5.85. The number of aryl methyl sites for hydroxylation is 2. The molecule has 2 aromatic carbocycles. The average Bonchev–Trinajstić information content (AvgIpc) is 2.67. The molecule has 0 aliphatic carbocycles. The van der Waals surface area contributed by atoms with Gasteiger partial charge in [0.15, 0.2) is 6.73 Å². The van der Waals surface area contributed by atoms with Crippen LogP contribution in [0.15, 0.2) is 33.5 Å². The van der Waals surface area contributed by atoms with E-state index in [9.17, 15) is 4.79 Å². The van der Waals surface area contributed by atoms with E-state index in [1.807, 2.05) is 13.0 Å². The van der Waals surface area contributed by atoms with Gasteiger partial charge in [0.05, 0.1) is 17.1 Å². The van der Waals surface area contributed by atoms with E-state index in [0.717, 1.165) is 16.5 Å². The molecule has 28 heavy (non-hydrogen) atoms. The summed E-state index contributed by atoms with van der Waals surface area (Å²) in [5.41, 5.74) is 6.21. The van der Waals surface area contributed by atoms with Crippen LogP contribution in [0.25, 0.3) is 11.0 Å². The maximum Gasteiger partial charge on any atom is 0.339 e. The van der Waals surface area contributed by atoms with E-state index in [1.165, 1.54) is 16.8 Å². The number of nitrogens with zero attached hydrogens (tertiary/aromatic N) is 1. The molecule has 0 N–H and O–H groups in total. The first-order valence-corrected chi connectivity index (χ1v) is 9.90. The van der Waals surface area contributed by atoms with Gasteiger partial charge in [0.1, 0.15) is 11.3 Å². The molecule has 0 radical (unpaired) electrons. The SMILES string of the molecule is Cc1cccc(C(C)C)c1N1COc2c(Cl)cc3c(C)c(C)c(=O)oc3c2C1. The number of hydrogen-bond acceptors (Lipinski definition) is 4. The Labute approximate surface area is 169 Å². The summed E-state index contributed by atoms with van der Waals surface area (Å²) in [5, 5.41) is 1.41. The Morgan fingerprint density at radius 3 is 2.61 bits per heavy atom. The fourth-order valence-electron chi connectivity index (χ4n) is 3.99. The molecule has 0 saturated heterocycles. The number of benzene rings is 2. The van der Waals surface area contributed by atoms with Gasteiger partial charge in [0, 0.05) is 16.6 Å². The van der Waals surface area contributed by atoms with Crippen LogP contribution in [0.3, 0.4) is 0 Å². The molecule has 1 aliphatic heterocycles. The molecule has 4 rings (SSSR count). The molecule has 3 aromatic rings. The van der Waals surface area contributed by atoms with Crippen LogP contribution in [0.1, 0.15) is 47.6 Å². The summed E-state index contributed by atoms with van der Waals surface area (Å²) in [5.74, 6) is 0.992. The molecule has 4 nitrogen and oxygen atoms in total. The highest BCUT2D eigenvalue weighted by atomic mass is 35.5. The smallest absolute Gasteiger partial charge is 0.339 e. The third-order valence-corrected chi connectivity index (χ3v) is 5.95. The molecule has 0 amide bonds. The van der Waals surface area contributed by atoms with E-state index in [4.69, 9.17) is 20.8 Å². The number of fused-ring (bicyclic) bond motifs is 3. The first-order chi connectivity index (χ1) is 13.3. The van der Waals surface area contributed by atoms with E-state index in [0.29, 0.717) is 41.1 Å². The summed E-state index contributed by atoms with van der Waals surface area (Å²) in [6.07, 6.45) is 0. The molecule has 146 valence electrons. The Bertz CT molecular complexity index is 1150. The van der Waals surface area contributed by atoms with Crippen molar-refractivity contribution in [2.45, 2.75) is 47.1 Å². The van der Waals surface area contributed by atoms with Crippen LogP contribution in [-0.4, -0.2) is 6.73 Å². The van der Waals surface area contributed by atoms with Crippen molar-refractivity contribution in [3.8, 4) is 5.75 Å². The minimum Gasteiger partial charge on any atom is -0.471 e. The van der Waals surface area contributed by atoms with Gasteiger partial charge < -0.3 is 14.1 Å². The Kier molecular flexibility index (Phi) is 4.62. The second-order valence-electron chi connectivity index (χ2n) is 7.82. The van der Waals surface area contributed by atoms with Gasteiger partial charge in [0.2, 0.25) is 0 Å². The molecule has 0 atom stereocenters. The number of hydrogen-bond donors (Lipinski definition) is 0. The Morgan fingerprint density at radius 2 is 1.89 bits per heavy atom. The van der Waals surface area contributed by atoms with E-state index < -0.39 is 0 Å². The molecule has 0 fully saturated rings. The number of para-hydroxylation sites is 1. The monoisotopic (exact) mass is 397 g/mol. The van der Waals surface area contributed by atoms with Crippen molar-refractivity contribution < 1.29 is 9.15 Å². The summed E-state index contributed by atoms with van der Waals surface area (Å²) >= 11 is 6.53. The zero-order valence-corrected chi connectivity index (χ0v) is 17.6. The van der Waals surface area contributed by atoms with Gasteiger partial charge in [-0.15, -0.1) is 0 Å². The zero-order chi connectivity index (χ0) is 20.2. The lowest BCUT2D eigenvalue weighted by atomic mass is 9.96. The molecule has 0 spiro atoms. The first-order valence-electron chi connectivity index (χ1n) is 9.52. The van der Waals surface area contributed by atoms with Crippen molar-refractivity contribution in [3.63, 3.8) is 0 Å². The normalized spacial score (nSPS) is 13.8. The largest absolute Gasteiger partial charge is 0.471 e. The fourth-order valence-corrected chi connectivity index (χ4v) is 4.27. The second-order valence-corrected chi connectivity index (χ2v) is 8.23. The quantitative estimate of drug-likeness (QED) is 0.508. The highest BCUT2D eigenvalue weighted by molar-refractivity contribution is 6.33. The molecule has 1 aliphatic rings. The summed E-state index contributed by atoms with van der Waals surface area (Å²) in [6, 6.07) is 8.20. The summed E-state index contributed by atoms with van der Waals surface area (Å²) < 4.78 is 11.8. The molecule has 1 aromatic heterocycles. The van der Waals surface area contributed by atoms with Crippen molar-refractivity contribution in [1.82, 2.24) is 0 Å². The zero-order valence-electron chi connectivity index (χ0n) is 16.9. The van der Waals surface area contributed by atoms with Crippen molar-refractivity contribution in [1.29, 1.82) is 0 Å². The standard InChI is InChI=1S/C23H24ClNO3/c1-12(2)16-8-6-7-13(3)20(16)25-10-18-21-17(9-19(24)22(18)27-11-25)14(4)15(5)23(26)28-21/h6-9,12H,10-11H2,1-5H3. The summed E-state index contributed by atoms with van der Waals surface area (Å²) in [7, 11) is 0. The Hall–Kier alpha value is -2.46. The highest BCUT2D eigenvalue weighted by Crippen LogP contribution is 2.42. The third kappa shape index (κ3) is 2.87. The van der Waals surface area contributed by atoms with Gasteiger partial charge in [0.25, 0.3) is 0 Å².